The van der Waals surface area contributed by atoms with Gasteiger partial charge in [-0.05, 0) is 68.1 Å². The Morgan fingerprint density at radius 2 is 1.97 bits per heavy atom. The van der Waals surface area contributed by atoms with Crippen molar-refractivity contribution < 1.29 is 14.0 Å². The fraction of sp³-hybridized carbons (Fsp3) is 0.391. The zero-order valence-electron chi connectivity index (χ0n) is 17.7. The third kappa shape index (κ3) is 4.85. The van der Waals surface area contributed by atoms with E-state index in [4.69, 9.17) is 4.42 Å². The van der Waals surface area contributed by atoms with Crippen LogP contribution >= 0.6 is 11.5 Å². The van der Waals surface area contributed by atoms with E-state index < -0.39 is 11.9 Å². The topological polar surface area (TPSA) is 88.3 Å². The van der Waals surface area contributed by atoms with Crippen LogP contribution in [0.25, 0.3) is 0 Å². The van der Waals surface area contributed by atoms with E-state index in [1.54, 1.807) is 17.5 Å². The van der Waals surface area contributed by atoms with Crippen molar-refractivity contribution in [2.24, 2.45) is 0 Å². The number of nitrogens with one attached hydrogen (secondary N) is 1. The maximum absolute atomic E-state index is 13.6. The largest absolute Gasteiger partial charge is 0.464 e. The van der Waals surface area contributed by atoms with E-state index in [0.717, 1.165) is 42.8 Å². The summed E-state index contributed by atoms with van der Waals surface area (Å²) in [5.41, 5.74) is 1.79. The van der Waals surface area contributed by atoms with Crippen LogP contribution in [-0.2, 0) is 4.79 Å². The first-order valence-corrected chi connectivity index (χ1v) is 11.4. The number of hydrogen-bond acceptors (Lipinski definition) is 6. The summed E-state index contributed by atoms with van der Waals surface area (Å²) in [5.74, 6) is 0.456. The van der Waals surface area contributed by atoms with Gasteiger partial charge in [-0.1, -0.05) is 35.9 Å². The highest BCUT2D eigenvalue weighted by Gasteiger charge is 2.37. The molecule has 1 atom stereocenters. The van der Waals surface area contributed by atoms with Gasteiger partial charge in [0.05, 0.1) is 0 Å². The highest BCUT2D eigenvalue weighted by atomic mass is 32.1. The molecular formula is C23H26N4O3S. The highest BCUT2D eigenvalue weighted by molar-refractivity contribution is 7.03. The normalized spacial score (nSPS) is 15.4. The van der Waals surface area contributed by atoms with Crippen LogP contribution in [0.3, 0.4) is 0 Å². The molecule has 0 aliphatic heterocycles. The third-order valence-electron chi connectivity index (χ3n) is 5.57. The van der Waals surface area contributed by atoms with Crippen LogP contribution in [0.15, 0.2) is 46.2 Å². The number of furan rings is 1. The van der Waals surface area contributed by atoms with Gasteiger partial charge in [0.15, 0.2) is 11.7 Å². The monoisotopic (exact) mass is 438 g/mol. The standard InChI is InChI=1S/C23H26N4O3S/c1-15-7-6-10-18(13-15)27(23(29)19-14-31-26-25-19)21(20-12-11-16(2)30-20)22(28)24-17-8-4-3-5-9-17/h6-7,10-14,17,21H,3-5,8-9H2,1-2H3,(H,24,28)/t21-/m1/s1. The van der Waals surface area contributed by atoms with Crippen molar-refractivity contribution >= 4 is 29.0 Å². The lowest BCUT2D eigenvalue weighted by atomic mass is 9.95. The number of carbonyl (C=O) groups is 2. The summed E-state index contributed by atoms with van der Waals surface area (Å²) in [6, 6.07) is 10.2. The van der Waals surface area contributed by atoms with Crippen LogP contribution in [0.5, 0.6) is 0 Å². The number of aryl methyl sites for hydroxylation is 2. The van der Waals surface area contributed by atoms with Gasteiger partial charge in [0.1, 0.15) is 11.5 Å². The molecule has 4 rings (SSSR count). The lowest BCUT2D eigenvalue weighted by Crippen LogP contribution is -2.47. The average molecular weight is 439 g/mol. The number of hydrogen-bond donors (Lipinski definition) is 1. The second-order valence-corrected chi connectivity index (χ2v) is 8.61. The van der Waals surface area contributed by atoms with Gasteiger partial charge in [0.25, 0.3) is 11.8 Å². The predicted octanol–water partition coefficient (Wildman–Crippen LogP) is 4.58. The smallest absolute Gasteiger partial charge is 0.280 e. The van der Waals surface area contributed by atoms with E-state index in [1.807, 2.05) is 38.1 Å². The van der Waals surface area contributed by atoms with Gasteiger partial charge in [0.2, 0.25) is 0 Å². The van der Waals surface area contributed by atoms with Crippen molar-refractivity contribution in [1.29, 1.82) is 0 Å². The van der Waals surface area contributed by atoms with Crippen molar-refractivity contribution in [1.82, 2.24) is 14.9 Å². The van der Waals surface area contributed by atoms with E-state index in [9.17, 15) is 9.59 Å². The molecule has 1 saturated carbocycles. The van der Waals surface area contributed by atoms with Gasteiger partial charge >= 0.3 is 0 Å². The molecule has 162 valence electrons. The Balaban J connectivity index is 1.77. The summed E-state index contributed by atoms with van der Waals surface area (Å²) in [7, 11) is 0. The maximum atomic E-state index is 13.6. The molecule has 0 unspecified atom stereocenters. The minimum Gasteiger partial charge on any atom is -0.464 e. The molecule has 1 aromatic carbocycles. The van der Waals surface area contributed by atoms with Gasteiger partial charge in [-0.3, -0.25) is 14.5 Å². The summed E-state index contributed by atoms with van der Waals surface area (Å²) in [6.07, 6.45) is 5.28. The molecule has 1 N–H and O–H groups in total. The molecule has 1 aliphatic carbocycles. The quantitative estimate of drug-likeness (QED) is 0.608. The number of rotatable bonds is 6. The van der Waals surface area contributed by atoms with Crippen molar-refractivity contribution in [3.8, 4) is 0 Å². The average Bonchev–Trinajstić information content (AvgIpc) is 3.44. The highest BCUT2D eigenvalue weighted by Crippen LogP contribution is 2.32. The number of anilines is 1. The second kappa shape index (κ2) is 9.43. The Hall–Kier alpha value is -3.00. The number of aromatic nitrogens is 2. The Kier molecular flexibility index (Phi) is 6.46. The summed E-state index contributed by atoms with van der Waals surface area (Å²) < 4.78 is 9.70. The molecule has 0 spiro atoms. The molecule has 8 heteroatoms. The van der Waals surface area contributed by atoms with Crippen molar-refractivity contribution in [2.75, 3.05) is 4.90 Å². The lowest BCUT2D eigenvalue weighted by Gasteiger charge is -2.31. The molecule has 31 heavy (non-hydrogen) atoms. The first-order valence-electron chi connectivity index (χ1n) is 10.6. The second-order valence-electron chi connectivity index (χ2n) is 8.00. The zero-order valence-corrected chi connectivity index (χ0v) is 18.5. The Bertz CT molecular complexity index is 1040. The maximum Gasteiger partial charge on any atom is 0.280 e. The van der Waals surface area contributed by atoms with E-state index in [0.29, 0.717) is 17.2 Å². The van der Waals surface area contributed by atoms with Crippen molar-refractivity contribution in [3.63, 3.8) is 0 Å². The number of amides is 2. The zero-order chi connectivity index (χ0) is 21.8. The van der Waals surface area contributed by atoms with Crippen LogP contribution in [0, 0.1) is 13.8 Å². The molecule has 1 aliphatic rings. The molecule has 2 amide bonds. The summed E-state index contributed by atoms with van der Waals surface area (Å²) in [5, 5.41) is 8.71. The molecule has 7 nitrogen and oxygen atoms in total. The number of carbonyl (C=O) groups excluding carboxylic acids is 2. The molecule has 2 aromatic heterocycles. The SMILES string of the molecule is Cc1cccc(N(C(=O)c2csnn2)[C@@H](C(=O)NC2CCCCC2)c2ccc(C)o2)c1. The summed E-state index contributed by atoms with van der Waals surface area (Å²) >= 11 is 1.10. The lowest BCUT2D eigenvalue weighted by molar-refractivity contribution is -0.123. The summed E-state index contributed by atoms with van der Waals surface area (Å²) in [6.45, 7) is 3.77. The van der Waals surface area contributed by atoms with Crippen LogP contribution in [0.1, 0.15) is 65.7 Å². The number of benzene rings is 1. The molecular weight excluding hydrogens is 412 g/mol. The van der Waals surface area contributed by atoms with Crippen LogP contribution in [0.4, 0.5) is 5.69 Å². The van der Waals surface area contributed by atoms with Gasteiger partial charge in [0, 0.05) is 17.1 Å². The Labute approximate surface area is 185 Å². The minimum atomic E-state index is -0.952. The van der Waals surface area contributed by atoms with E-state index in [2.05, 4.69) is 14.9 Å². The first kappa shape index (κ1) is 21.2. The van der Waals surface area contributed by atoms with E-state index in [1.165, 1.54) is 11.3 Å². The fourth-order valence-corrected chi connectivity index (χ4v) is 4.47. The molecule has 3 aromatic rings. The Morgan fingerprint density at radius 1 is 1.16 bits per heavy atom. The third-order valence-corrected chi connectivity index (χ3v) is 6.07. The van der Waals surface area contributed by atoms with E-state index in [-0.39, 0.29) is 17.6 Å². The predicted molar refractivity (Wildman–Crippen MR) is 119 cm³/mol. The van der Waals surface area contributed by atoms with Gasteiger partial charge < -0.3 is 9.73 Å². The molecule has 2 heterocycles. The van der Waals surface area contributed by atoms with Gasteiger partial charge in [-0.15, -0.1) is 5.10 Å². The first-order chi connectivity index (χ1) is 15.0. The minimum absolute atomic E-state index is 0.107. The van der Waals surface area contributed by atoms with Crippen molar-refractivity contribution in [2.45, 2.75) is 58.0 Å². The van der Waals surface area contributed by atoms with Crippen LogP contribution in [0.2, 0.25) is 0 Å². The van der Waals surface area contributed by atoms with Gasteiger partial charge in [-0.2, -0.15) is 0 Å². The molecule has 0 saturated heterocycles. The summed E-state index contributed by atoms with van der Waals surface area (Å²) in [4.78, 5) is 28.6. The molecule has 0 bridgehead atoms. The Morgan fingerprint density at radius 3 is 2.61 bits per heavy atom. The van der Waals surface area contributed by atoms with Crippen LogP contribution in [-0.4, -0.2) is 27.4 Å². The fourth-order valence-electron chi connectivity index (χ4n) is 4.04. The van der Waals surface area contributed by atoms with Crippen LogP contribution < -0.4 is 10.2 Å². The molecule has 1 fully saturated rings. The van der Waals surface area contributed by atoms with Gasteiger partial charge in [-0.25, -0.2) is 0 Å². The van der Waals surface area contributed by atoms with E-state index >= 15 is 0 Å². The van der Waals surface area contributed by atoms with Crippen molar-refractivity contribution in [3.05, 3.63) is 64.6 Å². The number of nitrogens with zero attached hydrogens (tertiary/aromatic N) is 3. The molecule has 0 radical (unpaired) electrons.